The number of rotatable bonds is 8. The Labute approximate surface area is 125 Å². The fraction of sp³-hybridized carbons (Fsp3) is 0.562. The molecule has 0 atom stereocenters. The minimum atomic E-state index is 0.606. The van der Waals surface area contributed by atoms with E-state index in [0.29, 0.717) is 5.88 Å². The fourth-order valence-corrected chi connectivity index (χ4v) is 2.60. The van der Waals surface area contributed by atoms with Gasteiger partial charge < -0.3 is 9.30 Å². The maximum Gasteiger partial charge on any atom is 0.111 e. The van der Waals surface area contributed by atoms with Crippen molar-refractivity contribution in [2.24, 2.45) is 0 Å². The molecule has 110 valence electrons. The highest BCUT2D eigenvalue weighted by atomic mass is 35.5. The lowest BCUT2D eigenvalue weighted by molar-refractivity contribution is 0.129. The number of aromatic nitrogens is 2. The van der Waals surface area contributed by atoms with Gasteiger partial charge in [0.2, 0.25) is 0 Å². The van der Waals surface area contributed by atoms with Crippen LogP contribution in [0, 0.1) is 6.92 Å². The molecule has 0 fully saturated rings. The van der Waals surface area contributed by atoms with Gasteiger partial charge in [-0.25, -0.2) is 4.98 Å². The average Bonchev–Trinajstić information content (AvgIpc) is 2.79. The van der Waals surface area contributed by atoms with Crippen LogP contribution in [0.25, 0.3) is 11.0 Å². The predicted molar refractivity (Wildman–Crippen MR) is 84.6 cm³/mol. The summed E-state index contributed by atoms with van der Waals surface area (Å²) in [7, 11) is 0. The summed E-state index contributed by atoms with van der Waals surface area (Å²) in [6.07, 6.45) is 2.89. The number of nitrogens with zero attached hydrogens (tertiary/aromatic N) is 2. The molecule has 20 heavy (non-hydrogen) atoms. The zero-order valence-electron chi connectivity index (χ0n) is 12.4. The van der Waals surface area contributed by atoms with Gasteiger partial charge in [0.1, 0.15) is 5.82 Å². The van der Waals surface area contributed by atoms with E-state index in [0.717, 1.165) is 50.4 Å². The number of alkyl halides is 1. The Balaban J connectivity index is 2.16. The zero-order chi connectivity index (χ0) is 14.4. The number of hydrogen-bond donors (Lipinski definition) is 0. The second kappa shape index (κ2) is 7.65. The van der Waals surface area contributed by atoms with Gasteiger partial charge in [-0.15, -0.1) is 11.6 Å². The van der Waals surface area contributed by atoms with Crippen molar-refractivity contribution in [1.82, 2.24) is 9.55 Å². The second-order valence-corrected chi connectivity index (χ2v) is 5.41. The van der Waals surface area contributed by atoms with Gasteiger partial charge in [0, 0.05) is 32.1 Å². The Hall–Kier alpha value is -1.06. The molecule has 0 aliphatic rings. The zero-order valence-corrected chi connectivity index (χ0v) is 13.1. The lowest BCUT2D eigenvalue weighted by atomic mass is 10.2. The van der Waals surface area contributed by atoms with Crippen LogP contribution in [0.15, 0.2) is 18.2 Å². The number of hydrogen-bond acceptors (Lipinski definition) is 2. The highest BCUT2D eigenvalue weighted by molar-refractivity contribution is 6.17. The topological polar surface area (TPSA) is 27.1 Å². The summed E-state index contributed by atoms with van der Waals surface area (Å²) in [6, 6.07) is 6.34. The molecule has 0 saturated heterocycles. The smallest absolute Gasteiger partial charge is 0.111 e. The van der Waals surface area contributed by atoms with E-state index >= 15 is 0 Å². The molecule has 1 heterocycles. The lowest BCUT2D eigenvalue weighted by Crippen LogP contribution is -2.07. The van der Waals surface area contributed by atoms with Crippen LogP contribution in [0.3, 0.4) is 0 Å². The van der Waals surface area contributed by atoms with Crippen LogP contribution < -0.4 is 0 Å². The number of halogens is 1. The first-order valence-corrected chi connectivity index (χ1v) is 7.89. The van der Waals surface area contributed by atoms with Crippen molar-refractivity contribution in [2.45, 2.75) is 39.7 Å². The largest absolute Gasteiger partial charge is 0.381 e. The van der Waals surface area contributed by atoms with Crippen LogP contribution in [-0.4, -0.2) is 28.6 Å². The molecular formula is C16H23ClN2O. The molecule has 2 rings (SSSR count). The van der Waals surface area contributed by atoms with Gasteiger partial charge in [0.15, 0.2) is 0 Å². The van der Waals surface area contributed by atoms with Crippen LogP contribution in [0.2, 0.25) is 0 Å². The maximum absolute atomic E-state index is 5.90. The molecule has 0 saturated carbocycles. The summed E-state index contributed by atoms with van der Waals surface area (Å²) in [6.45, 7) is 6.83. The molecule has 0 aliphatic heterocycles. The van der Waals surface area contributed by atoms with E-state index in [1.165, 1.54) is 11.1 Å². The third-order valence-electron chi connectivity index (χ3n) is 3.40. The minimum absolute atomic E-state index is 0.606. The standard InChI is InChI=1S/C16H23ClN2O/c1-3-11-20-12-5-10-19-14-7-4-6-13(2)16(14)18-15(19)8-9-17/h4,6-7H,3,5,8-12H2,1-2H3. The van der Waals surface area contributed by atoms with Gasteiger partial charge in [0.25, 0.3) is 0 Å². The summed E-state index contributed by atoms with van der Waals surface area (Å²) in [5.74, 6) is 1.69. The molecular weight excluding hydrogens is 272 g/mol. The van der Waals surface area contributed by atoms with E-state index < -0.39 is 0 Å². The van der Waals surface area contributed by atoms with E-state index in [-0.39, 0.29) is 0 Å². The molecule has 0 unspecified atom stereocenters. The van der Waals surface area contributed by atoms with Crippen molar-refractivity contribution in [2.75, 3.05) is 19.1 Å². The molecule has 3 nitrogen and oxygen atoms in total. The van der Waals surface area contributed by atoms with E-state index in [1.54, 1.807) is 0 Å². The number of para-hydroxylation sites is 1. The van der Waals surface area contributed by atoms with Gasteiger partial charge >= 0.3 is 0 Å². The van der Waals surface area contributed by atoms with Gasteiger partial charge in [0.05, 0.1) is 11.0 Å². The van der Waals surface area contributed by atoms with Crippen LogP contribution in [-0.2, 0) is 17.7 Å². The van der Waals surface area contributed by atoms with Crippen LogP contribution in [0.1, 0.15) is 31.2 Å². The fourth-order valence-electron chi connectivity index (χ4n) is 2.43. The Morgan fingerprint density at radius 1 is 1.30 bits per heavy atom. The van der Waals surface area contributed by atoms with Crippen LogP contribution in [0.4, 0.5) is 0 Å². The highest BCUT2D eigenvalue weighted by Gasteiger charge is 2.11. The Morgan fingerprint density at radius 3 is 2.90 bits per heavy atom. The summed E-state index contributed by atoms with van der Waals surface area (Å²) >= 11 is 5.90. The first-order valence-electron chi connectivity index (χ1n) is 7.36. The Morgan fingerprint density at radius 2 is 2.15 bits per heavy atom. The van der Waals surface area contributed by atoms with Crippen molar-refractivity contribution >= 4 is 22.6 Å². The van der Waals surface area contributed by atoms with Crippen LogP contribution in [0.5, 0.6) is 0 Å². The summed E-state index contributed by atoms with van der Waals surface area (Å²) in [4.78, 5) is 4.75. The van der Waals surface area contributed by atoms with Gasteiger partial charge in [-0.2, -0.15) is 0 Å². The number of fused-ring (bicyclic) bond motifs is 1. The summed E-state index contributed by atoms with van der Waals surface area (Å²) < 4.78 is 7.85. The molecule has 0 bridgehead atoms. The first kappa shape index (κ1) is 15.3. The monoisotopic (exact) mass is 294 g/mol. The minimum Gasteiger partial charge on any atom is -0.381 e. The van der Waals surface area contributed by atoms with Crippen LogP contribution >= 0.6 is 11.6 Å². The molecule has 1 aromatic carbocycles. The molecule has 0 spiro atoms. The van der Waals surface area contributed by atoms with E-state index in [9.17, 15) is 0 Å². The molecule has 4 heteroatoms. The van der Waals surface area contributed by atoms with Gasteiger partial charge in [-0.05, 0) is 31.4 Å². The SMILES string of the molecule is CCCOCCCn1c(CCCl)nc2c(C)cccc21. The van der Waals surface area contributed by atoms with Crippen molar-refractivity contribution in [1.29, 1.82) is 0 Å². The molecule has 0 aliphatic carbocycles. The number of aryl methyl sites for hydroxylation is 3. The molecule has 1 aromatic heterocycles. The lowest BCUT2D eigenvalue weighted by Gasteiger charge is -2.09. The highest BCUT2D eigenvalue weighted by Crippen LogP contribution is 2.20. The quantitative estimate of drug-likeness (QED) is 0.544. The normalized spacial score (nSPS) is 11.3. The third kappa shape index (κ3) is 3.53. The summed E-state index contributed by atoms with van der Waals surface area (Å²) in [5, 5.41) is 0. The second-order valence-electron chi connectivity index (χ2n) is 5.03. The van der Waals surface area contributed by atoms with E-state index in [2.05, 4.69) is 36.6 Å². The third-order valence-corrected chi connectivity index (χ3v) is 3.59. The summed E-state index contributed by atoms with van der Waals surface area (Å²) in [5.41, 5.74) is 3.53. The number of ether oxygens (including phenoxy) is 1. The average molecular weight is 295 g/mol. The molecule has 0 amide bonds. The van der Waals surface area contributed by atoms with E-state index in [1.807, 2.05) is 0 Å². The molecule has 0 radical (unpaired) electrons. The van der Waals surface area contributed by atoms with E-state index in [4.69, 9.17) is 21.3 Å². The number of imidazole rings is 1. The van der Waals surface area contributed by atoms with Crippen molar-refractivity contribution in [3.63, 3.8) is 0 Å². The predicted octanol–water partition coefficient (Wildman–Crippen LogP) is 3.94. The van der Waals surface area contributed by atoms with Crippen molar-refractivity contribution < 1.29 is 4.74 Å². The number of benzene rings is 1. The Kier molecular flexibility index (Phi) is 5.86. The van der Waals surface area contributed by atoms with Gasteiger partial charge in [-0.3, -0.25) is 0 Å². The molecule has 0 N–H and O–H groups in total. The maximum atomic E-state index is 5.90. The first-order chi connectivity index (χ1) is 9.77. The van der Waals surface area contributed by atoms with Crippen molar-refractivity contribution in [3.8, 4) is 0 Å². The van der Waals surface area contributed by atoms with Crippen molar-refractivity contribution in [3.05, 3.63) is 29.6 Å². The molecule has 2 aromatic rings. The Bertz CT molecular complexity index is 551. The van der Waals surface area contributed by atoms with Gasteiger partial charge in [-0.1, -0.05) is 19.1 Å².